The molecule has 8 nitrogen and oxygen atoms in total. The molecule has 0 aliphatic rings. The van der Waals surface area contributed by atoms with Crippen LogP contribution in [0.4, 0.5) is 4.79 Å². The number of amides is 2. The minimum absolute atomic E-state index is 0.0798. The number of imidazole rings is 1. The van der Waals surface area contributed by atoms with E-state index < -0.39 is 18.0 Å². The molecule has 3 rings (SSSR count). The van der Waals surface area contributed by atoms with Crippen LogP contribution >= 0.6 is 23.2 Å². The van der Waals surface area contributed by atoms with Crippen LogP contribution in [0.3, 0.4) is 0 Å². The first-order chi connectivity index (χ1) is 15.0. The predicted octanol–water partition coefficient (Wildman–Crippen LogP) is 3.70. The van der Waals surface area contributed by atoms with Crippen molar-refractivity contribution in [2.24, 2.45) is 5.10 Å². The van der Waals surface area contributed by atoms with Gasteiger partial charge in [0.25, 0.3) is 5.91 Å². The molecule has 0 saturated carbocycles. The molecule has 1 atom stereocenters. The Balaban J connectivity index is 1.61. The summed E-state index contributed by atoms with van der Waals surface area (Å²) in [4.78, 5) is 31.7. The fraction of sp³-hybridized carbons (Fsp3) is 0.143. The lowest BCUT2D eigenvalue weighted by molar-refractivity contribution is -0.123. The van der Waals surface area contributed by atoms with Crippen LogP contribution in [-0.4, -0.2) is 34.2 Å². The van der Waals surface area contributed by atoms with Crippen LogP contribution in [-0.2, 0) is 22.6 Å². The van der Waals surface area contributed by atoms with E-state index in [-0.39, 0.29) is 13.0 Å². The Morgan fingerprint density at radius 3 is 2.71 bits per heavy atom. The van der Waals surface area contributed by atoms with Gasteiger partial charge in [0.2, 0.25) is 0 Å². The second-order valence-electron chi connectivity index (χ2n) is 6.42. The molecule has 0 spiro atoms. The quantitative estimate of drug-likeness (QED) is 0.352. The summed E-state index contributed by atoms with van der Waals surface area (Å²) >= 11 is 12.1. The van der Waals surface area contributed by atoms with Gasteiger partial charge in [0.1, 0.15) is 12.6 Å². The normalized spacial score (nSPS) is 11.8. The number of H-pyrrole nitrogens is 1. The Kier molecular flexibility index (Phi) is 8.03. The van der Waals surface area contributed by atoms with Gasteiger partial charge in [-0.25, -0.2) is 15.2 Å². The first-order valence-electron chi connectivity index (χ1n) is 9.24. The topological polar surface area (TPSA) is 108 Å². The molecular formula is C21H19Cl2N5O3. The van der Waals surface area contributed by atoms with E-state index in [0.717, 1.165) is 5.56 Å². The van der Waals surface area contributed by atoms with Crippen molar-refractivity contribution in [1.29, 1.82) is 0 Å². The van der Waals surface area contributed by atoms with Gasteiger partial charge >= 0.3 is 6.09 Å². The molecule has 1 heterocycles. The third-order valence-corrected chi connectivity index (χ3v) is 4.99. The lowest BCUT2D eigenvalue weighted by Gasteiger charge is -2.16. The Morgan fingerprint density at radius 2 is 1.97 bits per heavy atom. The zero-order valence-corrected chi connectivity index (χ0v) is 17.7. The maximum atomic E-state index is 12.6. The van der Waals surface area contributed by atoms with E-state index in [9.17, 15) is 9.59 Å². The maximum Gasteiger partial charge on any atom is 0.408 e. The minimum atomic E-state index is -0.948. The van der Waals surface area contributed by atoms with Crippen molar-refractivity contribution >= 4 is 41.4 Å². The molecule has 0 aliphatic heterocycles. The number of benzene rings is 2. The fourth-order valence-electron chi connectivity index (χ4n) is 2.60. The summed E-state index contributed by atoms with van der Waals surface area (Å²) in [6, 6.07) is 13.3. The van der Waals surface area contributed by atoms with Crippen LogP contribution in [0.25, 0.3) is 0 Å². The number of nitrogens with zero attached hydrogens (tertiary/aromatic N) is 2. The zero-order valence-electron chi connectivity index (χ0n) is 16.2. The average Bonchev–Trinajstić information content (AvgIpc) is 3.28. The summed E-state index contributed by atoms with van der Waals surface area (Å²) in [5.74, 6) is -0.541. The van der Waals surface area contributed by atoms with E-state index in [1.807, 2.05) is 30.3 Å². The van der Waals surface area contributed by atoms with Crippen LogP contribution in [0.15, 0.2) is 66.2 Å². The largest absolute Gasteiger partial charge is 0.445 e. The molecule has 31 heavy (non-hydrogen) atoms. The molecule has 2 aromatic carbocycles. The van der Waals surface area contributed by atoms with E-state index >= 15 is 0 Å². The van der Waals surface area contributed by atoms with Gasteiger partial charge in [-0.2, -0.15) is 5.10 Å². The number of carbonyl (C=O) groups excluding carboxylic acids is 2. The summed E-state index contributed by atoms with van der Waals surface area (Å²) in [5.41, 5.74) is 4.42. The third kappa shape index (κ3) is 6.84. The Hall–Kier alpha value is -3.36. The van der Waals surface area contributed by atoms with Crippen LogP contribution < -0.4 is 10.7 Å². The number of halogens is 2. The summed E-state index contributed by atoms with van der Waals surface area (Å²) in [5, 5.41) is 7.15. The molecule has 0 radical (unpaired) electrons. The van der Waals surface area contributed by atoms with Gasteiger partial charge in [0, 0.05) is 23.9 Å². The molecule has 10 heteroatoms. The SMILES string of the molecule is O=C(N[C@H](Cc1cnc[nH]1)C(=O)N/N=C\c1cccc(Cl)c1Cl)OCc1ccccc1. The first kappa shape index (κ1) is 22.3. The zero-order chi connectivity index (χ0) is 22.1. The number of carbonyl (C=O) groups is 2. The van der Waals surface area contributed by atoms with Gasteiger partial charge < -0.3 is 15.0 Å². The molecule has 3 N–H and O–H groups in total. The van der Waals surface area contributed by atoms with Crippen molar-refractivity contribution < 1.29 is 14.3 Å². The number of nitrogens with one attached hydrogen (secondary N) is 3. The number of alkyl carbamates (subject to hydrolysis) is 1. The molecule has 2 amide bonds. The van der Waals surface area contributed by atoms with E-state index in [2.05, 4.69) is 25.8 Å². The van der Waals surface area contributed by atoms with E-state index in [1.54, 1.807) is 24.4 Å². The molecule has 3 aromatic rings. The van der Waals surface area contributed by atoms with Crippen LogP contribution in [0.2, 0.25) is 10.0 Å². The molecule has 0 aliphatic carbocycles. The highest BCUT2D eigenvalue weighted by atomic mass is 35.5. The highest BCUT2D eigenvalue weighted by Crippen LogP contribution is 2.24. The highest BCUT2D eigenvalue weighted by molar-refractivity contribution is 6.43. The fourth-order valence-corrected chi connectivity index (χ4v) is 2.95. The second-order valence-corrected chi connectivity index (χ2v) is 7.20. The number of hydrazone groups is 1. The van der Waals surface area contributed by atoms with Crippen molar-refractivity contribution in [3.63, 3.8) is 0 Å². The van der Waals surface area contributed by atoms with Crippen LogP contribution in [0.5, 0.6) is 0 Å². The van der Waals surface area contributed by atoms with Crippen LogP contribution in [0.1, 0.15) is 16.8 Å². The first-order valence-corrected chi connectivity index (χ1v) is 10.00. The maximum absolute atomic E-state index is 12.6. The number of rotatable bonds is 8. The summed E-state index contributed by atoms with van der Waals surface area (Å²) in [6.07, 6.45) is 3.85. The van der Waals surface area contributed by atoms with Gasteiger partial charge in [-0.1, -0.05) is 65.7 Å². The van der Waals surface area contributed by atoms with Crippen molar-refractivity contribution in [3.8, 4) is 0 Å². The number of ether oxygens (including phenoxy) is 1. The molecule has 0 bridgehead atoms. The van der Waals surface area contributed by atoms with Gasteiger partial charge in [-0.15, -0.1) is 0 Å². The summed E-state index contributed by atoms with van der Waals surface area (Å²) in [6.45, 7) is 0.0798. The highest BCUT2D eigenvalue weighted by Gasteiger charge is 2.22. The Bertz CT molecular complexity index is 1040. The van der Waals surface area contributed by atoms with Crippen molar-refractivity contribution in [2.75, 3.05) is 0 Å². The number of aromatic amines is 1. The number of hydrogen-bond donors (Lipinski definition) is 3. The standard InChI is InChI=1S/C21H19Cl2N5O3/c22-17-8-4-7-15(19(17)23)10-26-28-20(29)18(9-16-11-24-13-25-16)27-21(30)31-12-14-5-2-1-3-6-14/h1-8,10-11,13,18H,9,12H2,(H,24,25)(H,27,30)(H,28,29)/b26-10-/t18-/m1/s1. The minimum Gasteiger partial charge on any atom is -0.445 e. The summed E-state index contributed by atoms with van der Waals surface area (Å²) < 4.78 is 5.20. The van der Waals surface area contributed by atoms with E-state index in [4.69, 9.17) is 27.9 Å². The van der Waals surface area contributed by atoms with Crippen molar-refractivity contribution in [1.82, 2.24) is 20.7 Å². The lowest BCUT2D eigenvalue weighted by atomic mass is 10.1. The molecular weight excluding hydrogens is 441 g/mol. The van der Waals surface area contributed by atoms with Gasteiger partial charge in [0.15, 0.2) is 0 Å². The summed E-state index contributed by atoms with van der Waals surface area (Å²) in [7, 11) is 0. The number of aromatic nitrogens is 2. The van der Waals surface area contributed by atoms with Gasteiger partial charge in [-0.05, 0) is 11.6 Å². The third-order valence-electron chi connectivity index (χ3n) is 4.16. The number of hydrogen-bond acceptors (Lipinski definition) is 5. The van der Waals surface area contributed by atoms with Gasteiger partial charge in [-0.3, -0.25) is 4.79 Å². The van der Waals surface area contributed by atoms with Crippen LogP contribution in [0, 0.1) is 0 Å². The van der Waals surface area contributed by atoms with E-state index in [1.165, 1.54) is 12.5 Å². The van der Waals surface area contributed by atoms with Crippen molar-refractivity contribution in [2.45, 2.75) is 19.1 Å². The molecule has 1 aromatic heterocycles. The Labute approximate surface area is 188 Å². The van der Waals surface area contributed by atoms with E-state index in [0.29, 0.717) is 21.3 Å². The smallest absolute Gasteiger partial charge is 0.408 e. The monoisotopic (exact) mass is 459 g/mol. The average molecular weight is 460 g/mol. The molecule has 160 valence electrons. The van der Waals surface area contributed by atoms with Gasteiger partial charge in [0.05, 0.1) is 22.6 Å². The lowest BCUT2D eigenvalue weighted by Crippen LogP contribution is -2.47. The predicted molar refractivity (Wildman–Crippen MR) is 118 cm³/mol. The second kappa shape index (κ2) is 11.1. The molecule has 0 saturated heterocycles. The molecule has 0 fully saturated rings. The molecule has 0 unspecified atom stereocenters. The van der Waals surface area contributed by atoms with Crippen molar-refractivity contribution in [3.05, 3.63) is 87.9 Å². The Morgan fingerprint density at radius 1 is 1.16 bits per heavy atom.